The number of aryl methyl sites for hydroxylation is 1. The molecule has 4 unspecified atom stereocenters. The Bertz CT molecular complexity index is 640. The molecule has 1 amide bonds. The van der Waals surface area contributed by atoms with E-state index in [-0.39, 0.29) is 17.7 Å². The number of hydrogen-bond acceptors (Lipinski definition) is 2. The molecule has 3 rings (SSSR count). The summed E-state index contributed by atoms with van der Waals surface area (Å²) in [6.07, 6.45) is 4.72. The zero-order chi connectivity index (χ0) is 15.1. The van der Waals surface area contributed by atoms with Crippen LogP contribution in [0, 0.1) is 34.2 Å². The summed E-state index contributed by atoms with van der Waals surface area (Å²) in [6, 6.07) is 5.72. The summed E-state index contributed by atoms with van der Waals surface area (Å²) in [5, 5.41) is 12.3. The quantitative estimate of drug-likeness (QED) is 0.609. The molecule has 0 saturated heterocycles. The fourth-order valence-corrected chi connectivity index (χ4v) is 3.93. The van der Waals surface area contributed by atoms with E-state index in [1.807, 2.05) is 37.3 Å². The molecule has 1 aromatic rings. The highest BCUT2D eigenvalue weighted by Gasteiger charge is 2.51. The average molecular weight is 397 g/mol. The molecule has 1 saturated carbocycles. The zero-order valence-corrected chi connectivity index (χ0v) is 13.7. The Labute approximate surface area is 136 Å². The molecule has 0 radical (unpaired) electrons. The Morgan fingerprint density at radius 2 is 1.90 bits per heavy atom. The number of carboxylic acid groups (broad SMARTS) is 1. The number of allylic oxidation sites excluding steroid dienone is 2. The van der Waals surface area contributed by atoms with Crippen LogP contribution in [0.2, 0.25) is 0 Å². The summed E-state index contributed by atoms with van der Waals surface area (Å²) in [5.74, 6) is -2.05. The van der Waals surface area contributed by atoms with E-state index >= 15 is 0 Å². The molecule has 4 atom stereocenters. The molecule has 0 aromatic heterocycles. The van der Waals surface area contributed by atoms with E-state index in [4.69, 9.17) is 0 Å². The van der Waals surface area contributed by atoms with Gasteiger partial charge in [-0.3, -0.25) is 9.59 Å². The monoisotopic (exact) mass is 397 g/mol. The number of carboxylic acids is 1. The van der Waals surface area contributed by atoms with Gasteiger partial charge >= 0.3 is 5.97 Å². The van der Waals surface area contributed by atoms with Crippen LogP contribution in [0.5, 0.6) is 0 Å². The summed E-state index contributed by atoms with van der Waals surface area (Å²) in [7, 11) is 0. The van der Waals surface area contributed by atoms with E-state index in [1.54, 1.807) is 0 Å². The van der Waals surface area contributed by atoms with Crippen molar-refractivity contribution in [3.05, 3.63) is 39.5 Å². The first-order chi connectivity index (χ1) is 9.97. The lowest BCUT2D eigenvalue weighted by Crippen LogP contribution is -2.36. The van der Waals surface area contributed by atoms with Crippen molar-refractivity contribution in [2.45, 2.75) is 13.3 Å². The first kappa shape index (κ1) is 14.6. The van der Waals surface area contributed by atoms with Crippen LogP contribution in [0.15, 0.2) is 30.4 Å². The van der Waals surface area contributed by atoms with Crippen LogP contribution >= 0.6 is 22.6 Å². The Balaban J connectivity index is 1.80. The second kappa shape index (κ2) is 5.44. The molecule has 2 bridgehead atoms. The number of aliphatic carboxylic acids is 1. The first-order valence-corrected chi connectivity index (χ1v) is 8.03. The van der Waals surface area contributed by atoms with Crippen LogP contribution in [0.1, 0.15) is 12.0 Å². The van der Waals surface area contributed by atoms with Crippen LogP contribution in [0.4, 0.5) is 5.69 Å². The van der Waals surface area contributed by atoms with Crippen LogP contribution < -0.4 is 5.32 Å². The molecule has 0 heterocycles. The zero-order valence-electron chi connectivity index (χ0n) is 11.5. The van der Waals surface area contributed by atoms with E-state index in [0.717, 1.165) is 21.2 Å². The number of fused-ring (bicyclic) bond motifs is 2. The highest BCUT2D eigenvalue weighted by Crippen LogP contribution is 2.48. The van der Waals surface area contributed by atoms with Gasteiger partial charge in [0.1, 0.15) is 0 Å². The Hall–Kier alpha value is -1.37. The van der Waals surface area contributed by atoms with Crippen molar-refractivity contribution in [3.8, 4) is 0 Å². The molecule has 0 aliphatic heterocycles. The van der Waals surface area contributed by atoms with E-state index in [2.05, 4.69) is 27.9 Å². The van der Waals surface area contributed by atoms with Crippen LogP contribution in [0.3, 0.4) is 0 Å². The lowest BCUT2D eigenvalue weighted by atomic mass is 9.82. The Kier molecular flexibility index (Phi) is 3.77. The molecule has 2 aliphatic rings. The molecule has 0 spiro atoms. The van der Waals surface area contributed by atoms with Crippen LogP contribution in [0.25, 0.3) is 0 Å². The molecule has 110 valence electrons. The summed E-state index contributed by atoms with van der Waals surface area (Å²) in [4.78, 5) is 23.9. The largest absolute Gasteiger partial charge is 0.481 e. The first-order valence-electron chi connectivity index (χ1n) is 6.95. The molecule has 1 aromatic carbocycles. The fraction of sp³-hybridized carbons (Fsp3) is 0.375. The third kappa shape index (κ3) is 2.59. The number of anilines is 1. The third-order valence-electron chi connectivity index (χ3n) is 4.49. The van der Waals surface area contributed by atoms with Gasteiger partial charge in [-0.2, -0.15) is 0 Å². The van der Waals surface area contributed by atoms with E-state index in [1.165, 1.54) is 0 Å². The number of carbonyl (C=O) groups is 2. The smallest absolute Gasteiger partial charge is 0.307 e. The molecular formula is C16H16INO3. The Morgan fingerprint density at radius 3 is 2.52 bits per heavy atom. The fourth-order valence-electron chi connectivity index (χ4n) is 3.41. The van der Waals surface area contributed by atoms with Crippen molar-refractivity contribution >= 4 is 40.2 Å². The van der Waals surface area contributed by atoms with Gasteiger partial charge in [-0.25, -0.2) is 0 Å². The van der Waals surface area contributed by atoms with Gasteiger partial charge in [-0.1, -0.05) is 18.2 Å². The van der Waals surface area contributed by atoms with E-state index in [0.29, 0.717) is 0 Å². The highest BCUT2D eigenvalue weighted by atomic mass is 127. The molecule has 1 fully saturated rings. The molecule has 2 aliphatic carbocycles. The summed E-state index contributed by atoms with van der Waals surface area (Å²) in [6.45, 7) is 2.01. The van der Waals surface area contributed by atoms with Gasteiger partial charge in [0, 0.05) is 9.26 Å². The number of hydrogen-bond donors (Lipinski definition) is 2. The van der Waals surface area contributed by atoms with Gasteiger partial charge in [0.05, 0.1) is 11.8 Å². The summed E-state index contributed by atoms with van der Waals surface area (Å²) < 4.78 is 1.08. The number of amides is 1. The topological polar surface area (TPSA) is 66.4 Å². The van der Waals surface area contributed by atoms with Crippen LogP contribution in [-0.4, -0.2) is 17.0 Å². The van der Waals surface area contributed by atoms with E-state index < -0.39 is 17.8 Å². The van der Waals surface area contributed by atoms with E-state index in [9.17, 15) is 14.7 Å². The lowest BCUT2D eigenvalue weighted by molar-refractivity contribution is -0.146. The maximum Gasteiger partial charge on any atom is 0.307 e. The molecule has 4 nitrogen and oxygen atoms in total. The summed E-state index contributed by atoms with van der Waals surface area (Å²) in [5.41, 5.74) is 1.88. The third-order valence-corrected chi connectivity index (χ3v) is 5.65. The summed E-state index contributed by atoms with van der Waals surface area (Å²) >= 11 is 2.22. The Morgan fingerprint density at radius 1 is 1.24 bits per heavy atom. The highest BCUT2D eigenvalue weighted by molar-refractivity contribution is 14.1. The number of benzene rings is 1. The normalized spacial score (nSPS) is 29.6. The predicted molar refractivity (Wildman–Crippen MR) is 87.9 cm³/mol. The lowest BCUT2D eigenvalue weighted by Gasteiger charge is -2.24. The maximum atomic E-state index is 12.5. The minimum Gasteiger partial charge on any atom is -0.481 e. The number of halogens is 1. The van der Waals surface area contributed by atoms with Crippen molar-refractivity contribution < 1.29 is 14.7 Å². The van der Waals surface area contributed by atoms with Crippen molar-refractivity contribution in [2.75, 3.05) is 5.32 Å². The molecule has 2 N–H and O–H groups in total. The van der Waals surface area contributed by atoms with Gasteiger partial charge in [-0.05, 0) is 65.5 Å². The standard InChI is InChI=1S/C16H16INO3/c1-8-2-5-11(7-12(8)17)18-15(19)13-9-3-4-10(6-9)14(13)16(20)21/h2-5,7,9-10,13-14H,6H2,1H3,(H,18,19)(H,20,21). The minimum absolute atomic E-state index is 0.00130. The predicted octanol–water partition coefficient (Wildman–Crippen LogP) is 3.06. The average Bonchev–Trinajstić information content (AvgIpc) is 3.03. The molecule has 5 heteroatoms. The van der Waals surface area contributed by atoms with Gasteiger partial charge in [-0.15, -0.1) is 0 Å². The van der Waals surface area contributed by atoms with Gasteiger partial charge in [0.15, 0.2) is 0 Å². The van der Waals surface area contributed by atoms with Gasteiger partial charge in [0.2, 0.25) is 5.91 Å². The SMILES string of the molecule is Cc1ccc(NC(=O)C2C3C=CC(C3)C2C(=O)O)cc1I. The second-order valence-corrected chi connectivity index (χ2v) is 6.95. The van der Waals surface area contributed by atoms with Gasteiger partial charge < -0.3 is 10.4 Å². The maximum absolute atomic E-state index is 12.5. The van der Waals surface area contributed by atoms with Crippen LogP contribution in [-0.2, 0) is 9.59 Å². The number of rotatable bonds is 3. The molecular weight excluding hydrogens is 381 g/mol. The van der Waals surface area contributed by atoms with Crippen molar-refractivity contribution in [3.63, 3.8) is 0 Å². The van der Waals surface area contributed by atoms with Crippen molar-refractivity contribution in [1.82, 2.24) is 0 Å². The van der Waals surface area contributed by atoms with Crippen molar-refractivity contribution in [2.24, 2.45) is 23.7 Å². The second-order valence-electron chi connectivity index (χ2n) is 5.79. The van der Waals surface area contributed by atoms with Crippen molar-refractivity contribution in [1.29, 1.82) is 0 Å². The minimum atomic E-state index is -0.870. The number of nitrogens with one attached hydrogen (secondary N) is 1. The molecule has 21 heavy (non-hydrogen) atoms. The number of carbonyl (C=O) groups excluding carboxylic acids is 1. The van der Waals surface area contributed by atoms with Gasteiger partial charge in [0.25, 0.3) is 0 Å².